The van der Waals surface area contributed by atoms with Crippen LogP contribution in [0.4, 0.5) is 0 Å². The highest BCUT2D eigenvalue weighted by Gasteiger charge is 2.15. The van der Waals surface area contributed by atoms with Gasteiger partial charge in [-0.05, 0) is 30.3 Å². The summed E-state index contributed by atoms with van der Waals surface area (Å²) in [7, 11) is 0. The van der Waals surface area contributed by atoms with Crippen LogP contribution >= 0.6 is 0 Å². The summed E-state index contributed by atoms with van der Waals surface area (Å²) >= 11 is 0. The first kappa shape index (κ1) is 15.7. The van der Waals surface area contributed by atoms with Gasteiger partial charge >= 0.3 is 11.9 Å². The molecule has 2 aromatic heterocycles. The van der Waals surface area contributed by atoms with E-state index in [0.717, 1.165) is 0 Å². The van der Waals surface area contributed by atoms with E-state index in [1.165, 1.54) is 12.1 Å². The van der Waals surface area contributed by atoms with Gasteiger partial charge in [0, 0.05) is 23.0 Å². The van der Waals surface area contributed by atoms with Crippen molar-refractivity contribution in [3.8, 4) is 5.88 Å². The predicted molar refractivity (Wildman–Crippen MR) is 95.4 cm³/mol. The molecule has 0 saturated carbocycles. The average molecular weight is 344 g/mol. The number of aromatic carboxylic acids is 1. The van der Waals surface area contributed by atoms with Crippen LogP contribution in [0.2, 0.25) is 0 Å². The van der Waals surface area contributed by atoms with Crippen LogP contribution in [0.25, 0.3) is 21.8 Å². The smallest absolute Gasteiger partial charge is 0.345 e. The van der Waals surface area contributed by atoms with Gasteiger partial charge in [0.15, 0.2) is 0 Å². The highest BCUT2D eigenvalue weighted by atomic mass is 16.5. The second-order valence-electron chi connectivity index (χ2n) is 5.59. The van der Waals surface area contributed by atoms with Gasteiger partial charge in [-0.2, -0.15) is 0 Å². The number of pyridine rings is 2. The summed E-state index contributed by atoms with van der Waals surface area (Å²) < 4.78 is 5.39. The summed E-state index contributed by atoms with van der Waals surface area (Å²) in [6.45, 7) is 0. The lowest BCUT2D eigenvalue weighted by molar-refractivity contribution is 0.0695. The summed E-state index contributed by atoms with van der Waals surface area (Å²) in [6, 6.07) is 16.7. The summed E-state index contributed by atoms with van der Waals surface area (Å²) in [5.41, 5.74) is 1.67. The predicted octanol–water partition coefficient (Wildman–Crippen LogP) is 3.70. The number of carbonyl (C=O) groups is 2. The van der Waals surface area contributed by atoms with Crippen LogP contribution in [-0.4, -0.2) is 27.0 Å². The number of carbonyl (C=O) groups excluding carboxylic acids is 1. The van der Waals surface area contributed by atoms with Gasteiger partial charge in [-0.1, -0.05) is 24.3 Å². The van der Waals surface area contributed by atoms with Crippen molar-refractivity contribution in [2.75, 3.05) is 0 Å². The largest absolute Gasteiger partial charge is 0.478 e. The molecule has 2 aromatic carbocycles. The quantitative estimate of drug-likeness (QED) is 0.570. The fraction of sp³-hybridized carbons (Fsp3) is 0. The van der Waals surface area contributed by atoms with Crippen LogP contribution in [0.3, 0.4) is 0 Å². The van der Waals surface area contributed by atoms with Crippen molar-refractivity contribution in [2.24, 2.45) is 0 Å². The van der Waals surface area contributed by atoms with Gasteiger partial charge in [0.05, 0.1) is 22.2 Å². The molecule has 0 spiro atoms. The van der Waals surface area contributed by atoms with Gasteiger partial charge < -0.3 is 9.84 Å². The van der Waals surface area contributed by atoms with Crippen molar-refractivity contribution in [1.29, 1.82) is 0 Å². The number of para-hydroxylation sites is 1. The SMILES string of the molecule is O=C(O)c1cccc2nc(OC(=O)c3ccnc4ccccc34)ccc12. The van der Waals surface area contributed by atoms with Gasteiger partial charge in [-0.3, -0.25) is 4.98 Å². The van der Waals surface area contributed by atoms with Crippen LogP contribution in [0.15, 0.2) is 66.9 Å². The topological polar surface area (TPSA) is 89.4 Å². The Bertz CT molecular complexity index is 1170. The lowest BCUT2D eigenvalue weighted by Crippen LogP contribution is -2.10. The second-order valence-corrected chi connectivity index (χ2v) is 5.59. The van der Waals surface area contributed by atoms with E-state index in [4.69, 9.17) is 4.74 Å². The lowest BCUT2D eigenvalue weighted by Gasteiger charge is -2.08. The zero-order valence-corrected chi connectivity index (χ0v) is 13.4. The first-order valence-electron chi connectivity index (χ1n) is 7.82. The van der Waals surface area contributed by atoms with E-state index in [9.17, 15) is 14.7 Å². The lowest BCUT2D eigenvalue weighted by atomic mass is 10.1. The number of nitrogens with zero attached hydrogens (tertiary/aromatic N) is 2. The molecule has 0 aliphatic heterocycles. The van der Waals surface area contributed by atoms with Crippen molar-refractivity contribution in [3.63, 3.8) is 0 Å². The third-order valence-corrected chi connectivity index (χ3v) is 4.00. The van der Waals surface area contributed by atoms with Crippen molar-refractivity contribution < 1.29 is 19.4 Å². The number of hydrogen-bond donors (Lipinski definition) is 1. The molecule has 26 heavy (non-hydrogen) atoms. The summed E-state index contributed by atoms with van der Waals surface area (Å²) in [5, 5.41) is 10.4. The van der Waals surface area contributed by atoms with Crippen LogP contribution in [0, 0.1) is 0 Å². The Balaban J connectivity index is 1.70. The van der Waals surface area contributed by atoms with Crippen LogP contribution in [-0.2, 0) is 0 Å². The Morgan fingerprint density at radius 2 is 1.58 bits per heavy atom. The molecule has 0 unspecified atom stereocenters. The number of carboxylic acids is 1. The van der Waals surface area contributed by atoms with Gasteiger partial charge in [0.25, 0.3) is 0 Å². The van der Waals surface area contributed by atoms with E-state index in [1.807, 2.05) is 18.2 Å². The number of aromatic nitrogens is 2. The number of rotatable bonds is 3. The molecule has 0 amide bonds. The third kappa shape index (κ3) is 2.73. The van der Waals surface area contributed by atoms with Crippen LogP contribution in [0.5, 0.6) is 5.88 Å². The fourth-order valence-electron chi connectivity index (χ4n) is 2.80. The zero-order valence-electron chi connectivity index (χ0n) is 13.4. The normalized spacial score (nSPS) is 10.8. The Morgan fingerprint density at radius 3 is 2.42 bits per heavy atom. The van der Waals surface area contributed by atoms with E-state index in [-0.39, 0.29) is 11.4 Å². The van der Waals surface area contributed by atoms with Gasteiger partial charge in [-0.15, -0.1) is 0 Å². The molecular weight excluding hydrogens is 332 g/mol. The maximum Gasteiger partial charge on any atom is 0.345 e. The molecule has 0 saturated heterocycles. The molecule has 0 radical (unpaired) electrons. The molecule has 0 bridgehead atoms. The molecule has 2 heterocycles. The van der Waals surface area contributed by atoms with E-state index in [1.54, 1.807) is 36.5 Å². The molecule has 0 fully saturated rings. The summed E-state index contributed by atoms with van der Waals surface area (Å²) in [4.78, 5) is 32.3. The van der Waals surface area contributed by atoms with Gasteiger partial charge in [0.1, 0.15) is 0 Å². The van der Waals surface area contributed by atoms with E-state index in [2.05, 4.69) is 9.97 Å². The van der Waals surface area contributed by atoms with Crippen molar-refractivity contribution in [3.05, 3.63) is 78.0 Å². The number of benzene rings is 2. The summed E-state index contributed by atoms with van der Waals surface area (Å²) in [6.07, 6.45) is 1.55. The molecule has 6 heteroatoms. The number of fused-ring (bicyclic) bond motifs is 2. The number of esters is 1. The molecule has 1 N–H and O–H groups in total. The maximum atomic E-state index is 12.6. The van der Waals surface area contributed by atoms with Crippen LogP contribution in [0.1, 0.15) is 20.7 Å². The molecule has 6 nitrogen and oxygen atoms in total. The second kappa shape index (κ2) is 6.25. The van der Waals surface area contributed by atoms with Crippen molar-refractivity contribution >= 4 is 33.7 Å². The number of carboxylic acid groups (broad SMARTS) is 1. The number of ether oxygens (including phenoxy) is 1. The van der Waals surface area contributed by atoms with E-state index < -0.39 is 11.9 Å². The van der Waals surface area contributed by atoms with Crippen molar-refractivity contribution in [1.82, 2.24) is 9.97 Å². The third-order valence-electron chi connectivity index (χ3n) is 4.00. The van der Waals surface area contributed by atoms with Gasteiger partial charge in [0.2, 0.25) is 5.88 Å². The van der Waals surface area contributed by atoms with Crippen molar-refractivity contribution in [2.45, 2.75) is 0 Å². The molecule has 126 valence electrons. The molecule has 0 aliphatic rings. The zero-order chi connectivity index (χ0) is 18.1. The molecule has 4 rings (SSSR count). The Labute approximate surface area is 147 Å². The van der Waals surface area contributed by atoms with Gasteiger partial charge in [-0.25, -0.2) is 14.6 Å². The maximum absolute atomic E-state index is 12.6. The first-order chi connectivity index (χ1) is 12.6. The minimum atomic E-state index is -1.04. The highest BCUT2D eigenvalue weighted by Crippen LogP contribution is 2.22. The molecule has 0 atom stereocenters. The highest BCUT2D eigenvalue weighted by molar-refractivity contribution is 6.04. The Hall–Kier alpha value is -3.80. The minimum absolute atomic E-state index is 0.103. The first-order valence-corrected chi connectivity index (χ1v) is 7.82. The summed E-state index contributed by atoms with van der Waals surface area (Å²) in [5.74, 6) is -1.49. The average Bonchev–Trinajstić information content (AvgIpc) is 2.66. The molecular formula is C20H12N2O4. The molecule has 4 aromatic rings. The standard InChI is InChI=1S/C20H12N2O4/c23-19(24)14-5-3-7-17-13(14)8-9-18(22-17)26-20(25)15-10-11-21-16-6-2-1-4-12(15)16/h1-11H,(H,23,24). The monoisotopic (exact) mass is 344 g/mol. The fourth-order valence-corrected chi connectivity index (χ4v) is 2.80. The van der Waals surface area contributed by atoms with Crippen LogP contribution < -0.4 is 4.74 Å². The Morgan fingerprint density at radius 1 is 0.808 bits per heavy atom. The molecule has 0 aliphatic carbocycles. The Kier molecular flexibility index (Phi) is 3.78. The minimum Gasteiger partial charge on any atom is -0.478 e. The number of hydrogen-bond acceptors (Lipinski definition) is 5. The van der Waals surface area contributed by atoms with E-state index in [0.29, 0.717) is 27.4 Å². The van der Waals surface area contributed by atoms with E-state index >= 15 is 0 Å².